The number of alkyl halides is 1. The van der Waals surface area contributed by atoms with Gasteiger partial charge in [0.2, 0.25) is 11.8 Å². The summed E-state index contributed by atoms with van der Waals surface area (Å²) in [5.74, 6) is -1.06. The molecule has 7 heterocycles. The van der Waals surface area contributed by atoms with E-state index >= 15 is 4.39 Å². The minimum atomic E-state index is -1.07. The second-order valence-corrected chi connectivity index (χ2v) is 16.5. The van der Waals surface area contributed by atoms with Gasteiger partial charge in [0, 0.05) is 67.7 Å². The van der Waals surface area contributed by atoms with Crippen LogP contribution in [-0.2, 0) is 16.1 Å². The quantitative estimate of drug-likeness (QED) is 0.176. The molecule has 0 spiro atoms. The molecule has 1 aliphatic carbocycles. The molecule has 2 atom stereocenters. The van der Waals surface area contributed by atoms with Crippen LogP contribution in [0.15, 0.2) is 61.2 Å². The Bertz CT molecular complexity index is 2520. The van der Waals surface area contributed by atoms with Crippen LogP contribution in [0.3, 0.4) is 0 Å². The summed E-state index contributed by atoms with van der Waals surface area (Å²) in [6.07, 6.45) is 9.50. The summed E-state index contributed by atoms with van der Waals surface area (Å²) in [4.78, 5) is 73.6. The van der Waals surface area contributed by atoms with Gasteiger partial charge in [0.1, 0.15) is 23.5 Å². The third-order valence-corrected chi connectivity index (χ3v) is 12.4. The maximum absolute atomic E-state index is 15.9. The first-order valence-corrected chi connectivity index (χ1v) is 20.4. The number of carbonyl (C=O) groups is 5. The molecule has 3 aromatic heterocycles. The molecule has 0 radical (unpaired) electrons. The lowest BCUT2D eigenvalue weighted by Gasteiger charge is -2.44. The Morgan fingerprint density at radius 3 is 2.59 bits per heavy atom. The van der Waals surface area contributed by atoms with E-state index in [1.54, 1.807) is 39.8 Å². The maximum Gasteiger partial charge on any atom is 0.262 e. The van der Waals surface area contributed by atoms with Gasteiger partial charge in [0.15, 0.2) is 5.65 Å². The molecule has 1 saturated carbocycles. The second kappa shape index (κ2) is 14.9. The Balaban J connectivity index is 0.724. The summed E-state index contributed by atoms with van der Waals surface area (Å²) in [5, 5.41) is 14.9. The van der Waals surface area contributed by atoms with Gasteiger partial charge in [-0.25, -0.2) is 13.9 Å². The largest absolute Gasteiger partial charge is 0.491 e. The molecule has 3 saturated heterocycles. The molecule has 59 heavy (non-hydrogen) atoms. The summed E-state index contributed by atoms with van der Waals surface area (Å²) in [6, 6.07) is 9.61. The zero-order valence-corrected chi connectivity index (χ0v) is 32.3. The number of piperidine rings is 2. The van der Waals surface area contributed by atoms with Crippen molar-refractivity contribution in [3.63, 3.8) is 0 Å². The lowest BCUT2D eigenvalue weighted by atomic mass is 9.90. The molecule has 5 aromatic rings. The van der Waals surface area contributed by atoms with Crippen molar-refractivity contribution in [1.82, 2.24) is 39.5 Å². The number of amides is 5. The van der Waals surface area contributed by atoms with Gasteiger partial charge in [-0.3, -0.25) is 38.9 Å². The van der Waals surface area contributed by atoms with E-state index in [-0.39, 0.29) is 42.3 Å². The Labute approximate surface area is 337 Å². The van der Waals surface area contributed by atoms with E-state index in [0.717, 1.165) is 74.4 Å². The molecule has 10 rings (SSSR count). The fourth-order valence-corrected chi connectivity index (χ4v) is 8.83. The van der Waals surface area contributed by atoms with Gasteiger partial charge in [-0.05, 0) is 87.4 Å². The number of aromatic nitrogens is 5. The van der Waals surface area contributed by atoms with Crippen LogP contribution in [0.5, 0.6) is 5.75 Å². The van der Waals surface area contributed by atoms with Gasteiger partial charge in [-0.15, -0.1) is 0 Å². The Morgan fingerprint density at radius 2 is 1.80 bits per heavy atom. The van der Waals surface area contributed by atoms with Gasteiger partial charge >= 0.3 is 0 Å². The van der Waals surface area contributed by atoms with E-state index in [2.05, 4.69) is 30.5 Å². The van der Waals surface area contributed by atoms with Crippen LogP contribution >= 0.6 is 0 Å². The van der Waals surface area contributed by atoms with Crippen molar-refractivity contribution in [3.8, 4) is 5.75 Å². The normalized spacial score (nSPS) is 20.9. The molecular weight excluding hydrogens is 760 g/mol. The minimum absolute atomic E-state index is 0.0768. The Hall–Kier alpha value is -6.23. The van der Waals surface area contributed by atoms with Crippen LogP contribution in [0.2, 0.25) is 0 Å². The predicted octanol–water partition coefficient (Wildman–Crippen LogP) is 3.71. The molecule has 16 nitrogen and oxygen atoms in total. The van der Waals surface area contributed by atoms with E-state index in [4.69, 9.17) is 9.84 Å². The number of ether oxygens (including phenoxy) is 1. The molecule has 1 unspecified atom stereocenters. The van der Waals surface area contributed by atoms with Crippen molar-refractivity contribution in [2.75, 3.05) is 49.5 Å². The highest BCUT2D eigenvalue weighted by Crippen LogP contribution is 2.36. The number of nitrogens with one attached hydrogen (secondary N) is 2. The summed E-state index contributed by atoms with van der Waals surface area (Å²) < 4.78 is 25.3. The van der Waals surface area contributed by atoms with Crippen molar-refractivity contribution >= 4 is 57.5 Å². The van der Waals surface area contributed by atoms with Gasteiger partial charge < -0.3 is 19.9 Å². The number of imide groups is 2. The molecule has 4 aliphatic heterocycles. The molecule has 2 aromatic carbocycles. The first kappa shape index (κ1) is 37.1. The molecule has 4 fully saturated rings. The van der Waals surface area contributed by atoms with Crippen LogP contribution in [0.25, 0.3) is 16.6 Å². The average Bonchev–Trinajstić information content (AvgIpc) is 3.73. The monoisotopic (exact) mass is 802 g/mol. The Kier molecular flexibility index (Phi) is 9.33. The van der Waals surface area contributed by atoms with Crippen molar-refractivity contribution in [3.05, 3.63) is 77.9 Å². The smallest absolute Gasteiger partial charge is 0.262 e. The molecule has 304 valence electrons. The zero-order chi connectivity index (χ0) is 40.4. The van der Waals surface area contributed by atoms with Gasteiger partial charge in [-0.1, -0.05) is 0 Å². The number of hydrogen-bond acceptors (Lipinski definition) is 11. The summed E-state index contributed by atoms with van der Waals surface area (Å²) in [5.41, 5.74) is 3.36. The molecule has 5 amide bonds. The number of carbonyl (C=O) groups excluding carboxylic acids is 5. The Morgan fingerprint density at radius 1 is 0.983 bits per heavy atom. The maximum atomic E-state index is 15.9. The molecule has 5 aliphatic rings. The lowest BCUT2D eigenvalue weighted by Crippen LogP contribution is -2.54. The highest BCUT2D eigenvalue weighted by atomic mass is 19.1. The number of rotatable bonds is 12. The fraction of sp³-hybridized carbons (Fsp3) is 0.429. The number of hydrogen-bond donors (Lipinski definition) is 2. The highest BCUT2D eigenvalue weighted by molar-refractivity contribution is 6.23. The number of nitrogens with zero attached hydrogens (tertiary/aromatic N) is 8. The van der Waals surface area contributed by atoms with Crippen molar-refractivity contribution in [1.29, 1.82) is 0 Å². The number of benzene rings is 2. The molecular formula is C42H43FN10O6. The van der Waals surface area contributed by atoms with Crippen LogP contribution in [-0.4, -0.2) is 115 Å². The summed E-state index contributed by atoms with van der Waals surface area (Å²) in [6.45, 7) is 4.79. The average molecular weight is 803 g/mol. The molecule has 17 heteroatoms. The van der Waals surface area contributed by atoms with Crippen molar-refractivity contribution in [2.45, 2.75) is 57.3 Å². The van der Waals surface area contributed by atoms with E-state index in [9.17, 15) is 24.0 Å². The summed E-state index contributed by atoms with van der Waals surface area (Å²) >= 11 is 0. The first-order valence-electron chi connectivity index (χ1n) is 20.4. The van der Waals surface area contributed by atoms with E-state index in [1.807, 2.05) is 24.4 Å². The number of fused-ring (bicyclic) bond motifs is 3. The second-order valence-electron chi connectivity index (χ2n) is 16.5. The van der Waals surface area contributed by atoms with Gasteiger partial charge in [-0.2, -0.15) is 10.2 Å². The third-order valence-electron chi connectivity index (χ3n) is 12.4. The number of halogens is 1. The zero-order valence-electron chi connectivity index (χ0n) is 32.3. The van der Waals surface area contributed by atoms with Gasteiger partial charge in [0.05, 0.1) is 41.7 Å². The van der Waals surface area contributed by atoms with E-state index < -0.39 is 35.8 Å². The van der Waals surface area contributed by atoms with E-state index in [1.165, 1.54) is 6.20 Å². The van der Waals surface area contributed by atoms with Crippen LogP contribution in [0.4, 0.5) is 15.8 Å². The summed E-state index contributed by atoms with van der Waals surface area (Å²) in [7, 11) is 0. The standard InChI is InChI=1S/C42H43FN10O6/c43-32(22-51-21-27-14-34(36(16-33(27)48-51)59-23-24-2-3-24)46-39(55)31-17-45-52-11-1-10-44-38(31)52)26-8-12-49(13-9-26)18-25-19-50(20-25)28-4-5-29-30(15-28)42(58)53(41(29)57)35-6-7-37(54)47-40(35)56/h1,4-5,10-11,14-17,21,24-26,32,35H,2-3,6-9,12-13,18-20,22-23H2,(H,46,55)(H,47,54,56)/t32-,35?/m1/s1. The molecule has 0 bridgehead atoms. The van der Waals surface area contributed by atoms with Crippen molar-refractivity contribution < 1.29 is 33.1 Å². The van der Waals surface area contributed by atoms with Crippen LogP contribution in [0, 0.1) is 17.8 Å². The molecule has 2 N–H and O–H groups in total. The SMILES string of the molecule is O=C1CCC(N2C(=O)c3ccc(N4CC(CN5CCC([C@H](F)Cn6cc7cc(NC(=O)c8cnn9cccnc89)c(OCC8CC8)cc7n6)CC5)C4)cc3C2=O)C(=O)N1. The van der Waals surface area contributed by atoms with Crippen LogP contribution in [0.1, 0.15) is 69.6 Å². The minimum Gasteiger partial charge on any atom is -0.491 e. The highest BCUT2D eigenvalue weighted by Gasteiger charge is 2.45. The fourth-order valence-electron chi connectivity index (χ4n) is 8.83. The third kappa shape index (κ3) is 7.17. The number of anilines is 2. The number of likely N-dealkylation sites (tertiary alicyclic amines) is 1. The van der Waals surface area contributed by atoms with Crippen molar-refractivity contribution in [2.24, 2.45) is 17.8 Å². The first-order chi connectivity index (χ1) is 28.6. The topological polar surface area (TPSA) is 176 Å². The predicted molar refractivity (Wildman–Crippen MR) is 212 cm³/mol. The van der Waals surface area contributed by atoms with Crippen LogP contribution < -0.4 is 20.3 Å². The lowest BCUT2D eigenvalue weighted by molar-refractivity contribution is -0.136. The van der Waals surface area contributed by atoms with E-state index in [0.29, 0.717) is 46.6 Å². The van der Waals surface area contributed by atoms with Gasteiger partial charge in [0.25, 0.3) is 17.7 Å².